The van der Waals surface area contributed by atoms with E-state index in [0.717, 1.165) is 5.92 Å². The molecule has 3 atom stereocenters. The largest absolute Gasteiger partial charge is 0.459 e. The molecule has 3 heteroatoms. The molecule has 1 aromatic heterocycles. The van der Waals surface area contributed by atoms with Crippen molar-refractivity contribution in [3.8, 4) is 0 Å². The van der Waals surface area contributed by atoms with Gasteiger partial charge in [0.25, 0.3) is 5.91 Å². The highest BCUT2D eigenvalue weighted by atomic mass is 16.3. The van der Waals surface area contributed by atoms with Crippen molar-refractivity contribution in [2.75, 3.05) is 0 Å². The van der Waals surface area contributed by atoms with Crippen LogP contribution in [0, 0.1) is 16.7 Å². The maximum absolute atomic E-state index is 12.2. The fourth-order valence-corrected chi connectivity index (χ4v) is 4.27. The van der Waals surface area contributed by atoms with Crippen LogP contribution in [0.25, 0.3) is 0 Å². The second-order valence-electron chi connectivity index (χ2n) is 6.80. The third-order valence-corrected chi connectivity index (χ3v) is 5.29. The molecule has 0 aliphatic heterocycles. The zero-order valence-electron chi connectivity index (χ0n) is 11.3. The van der Waals surface area contributed by atoms with Crippen LogP contribution < -0.4 is 5.32 Å². The van der Waals surface area contributed by atoms with E-state index in [1.807, 2.05) is 0 Å². The lowest BCUT2D eigenvalue weighted by Gasteiger charge is -2.42. The van der Waals surface area contributed by atoms with Crippen molar-refractivity contribution >= 4 is 5.91 Å². The Morgan fingerprint density at radius 3 is 2.78 bits per heavy atom. The van der Waals surface area contributed by atoms with Gasteiger partial charge in [-0.3, -0.25) is 4.79 Å². The summed E-state index contributed by atoms with van der Waals surface area (Å²) >= 11 is 0. The van der Waals surface area contributed by atoms with Gasteiger partial charge in [-0.2, -0.15) is 0 Å². The Bertz CT molecular complexity index is 458. The number of hydrogen-bond acceptors (Lipinski definition) is 2. The number of nitrogens with one attached hydrogen (secondary N) is 1. The van der Waals surface area contributed by atoms with Gasteiger partial charge < -0.3 is 9.73 Å². The minimum Gasteiger partial charge on any atom is -0.459 e. The van der Waals surface area contributed by atoms with Crippen molar-refractivity contribution < 1.29 is 9.21 Å². The number of hydrogen-bond donors (Lipinski definition) is 1. The predicted octanol–water partition coefficient (Wildman–Crippen LogP) is 3.22. The molecule has 0 aromatic carbocycles. The van der Waals surface area contributed by atoms with E-state index in [1.165, 1.54) is 19.3 Å². The quantitative estimate of drug-likeness (QED) is 0.871. The summed E-state index contributed by atoms with van der Waals surface area (Å²) < 4.78 is 5.17. The number of carbonyl (C=O) groups excluding carboxylic acids is 1. The third-order valence-electron chi connectivity index (χ3n) is 5.29. The standard InChI is InChI=1S/C15H21NO2/c1-14(2)10-6-7-15(3,9-10)13(14)16-12(17)11-5-4-8-18-11/h4-5,8,10,13H,6-7,9H2,1-3H3,(H,16,17). The molecular weight excluding hydrogens is 226 g/mol. The summed E-state index contributed by atoms with van der Waals surface area (Å²) in [6, 6.07) is 3.72. The van der Waals surface area contributed by atoms with Crippen LogP contribution in [0.2, 0.25) is 0 Å². The molecule has 1 aromatic rings. The lowest BCUT2D eigenvalue weighted by molar-refractivity contribution is 0.0713. The maximum atomic E-state index is 12.2. The van der Waals surface area contributed by atoms with E-state index < -0.39 is 0 Å². The van der Waals surface area contributed by atoms with Crippen molar-refractivity contribution in [2.24, 2.45) is 16.7 Å². The second-order valence-corrected chi connectivity index (χ2v) is 6.80. The minimum absolute atomic E-state index is 0.0770. The summed E-state index contributed by atoms with van der Waals surface area (Å²) in [4.78, 5) is 12.2. The molecule has 3 nitrogen and oxygen atoms in total. The van der Waals surface area contributed by atoms with E-state index in [9.17, 15) is 4.79 Å². The van der Waals surface area contributed by atoms with Crippen LogP contribution in [0.15, 0.2) is 22.8 Å². The molecule has 2 aliphatic carbocycles. The first-order valence-corrected chi connectivity index (χ1v) is 6.78. The molecule has 3 unspecified atom stereocenters. The molecule has 2 bridgehead atoms. The Labute approximate surface area is 108 Å². The molecule has 1 heterocycles. The molecule has 3 rings (SSSR count). The van der Waals surface area contributed by atoms with Crippen molar-refractivity contribution in [3.05, 3.63) is 24.2 Å². The number of furan rings is 1. The number of fused-ring (bicyclic) bond motifs is 2. The highest BCUT2D eigenvalue weighted by molar-refractivity contribution is 5.91. The van der Waals surface area contributed by atoms with Gasteiger partial charge in [0.05, 0.1) is 6.26 Å². The van der Waals surface area contributed by atoms with Gasteiger partial charge in [0.2, 0.25) is 0 Å². The van der Waals surface area contributed by atoms with Crippen LogP contribution >= 0.6 is 0 Å². The lowest BCUT2D eigenvalue weighted by atomic mass is 9.68. The van der Waals surface area contributed by atoms with Crippen molar-refractivity contribution in [1.29, 1.82) is 0 Å². The zero-order valence-corrected chi connectivity index (χ0v) is 11.3. The van der Waals surface area contributed by atoms with Gasteiger partial charge in [-0.15, -0.1) is 0 Å². The second kappa shape index (κ2) is 3.62. The molecule has 1 amide bonds. The Kier molecular flexibility index (Phi) is 2.38. The zero-order chi connectivity index (χ0) is 13.0. The van der Waals surface area contributed by atoms with Crippen LogP contribution in [-0.2, 0) is 0 Å². The van der Waals surface area contributed by atoms with Crippen LogP contribution in [0.1, 0.15) is 50.6 Å². The summed E-state index contributed by atoms with van der Waals surface area (Å²) in [5.41, 5.74) is 0.450. The molecule has 98 valence electrons. The van der Waals surface area contributed by atoms with Gasteiger partial charge in [-0.1, -0.05) is 20.8 Å². The molecule has 1 N–H and O–H groups in total. The average Bonchev–Trinajstić information content (AvgIpc) is 2.96. The van der Waals surface area contributed by atoms with E-state index >= 15 is 0 Å². The van der Waals surface area contributed by atoms with E-state index in [-0.39, 0.29) is 22.8 Å². The molecule has 0 saturated heterocycles. The Hall–Kier alpha value is -1.25. The number of carbonyl (C=O) groups is 1. The van der Waals surface area contributed by atoms with Crippen LogP contribution in [-0.4, -0.2) is 11.9 Å². The van der Waals surface area contributed by atoms with Gasteiger partial charge in [0, 0.05) is 6.04 Å². The summed E-state index contributed by atoms with van der Waals surface area (Å²) in [5.74, 6) is 1.08. The van der Waals surface area contributed by atoms with E-state index in [4.69, 9.17) is 4.42 Å². The molecule has 0 spiro atoms. The molecule has 0 radical (unpaired) electrons. The van der Waals surface area contributed by atoms with Crippen LogP contribution in [0.4, 0.5) is 0 Å². The summed E-state index contributed by atoms with van der Waals surface area (Å²) in [5, 5.41) is 3.21. The first-order chi connectivity index (χ1) is 8.43. The van der Waals surface area contributed by atoms with E-state index in [0.29, 0.717) is 5.76 Å². The van der Waals surface area contributed by atoms with E-state index in [2.05, 4.69) is 26.1 Å². The molecule has 18 heavy (non-hydrogen) atoms. The average molecular weight is 247 g/mol. The van der Waals surface area contributed by atoms with Crippen molar-refractivity contribution in [2.45, 2.75) is 46.1 Å². The normalized spacial score (nSPS) is 36.8. The maximum Gasteiger partial charge on any atom is 0.287 e. The van der Waals surface area contributed by atoms with E-state index in [1.54, 1.807) is 18.4 Å². The smallest absolute Gasteiger partial charge is 0.287 e. The first kappa shape index (κ1) is 11.8. The van der Waals surface area contributed by atoms with Gasteiger partial charge in [-0.05, 0) is 48.1 Å². The lowest BCUT2D eigenvalue weighted by Crippen LogP contribution is -2.52. The number of rotatable bonds is 2. The highest BCUT2D eigenvalue weighted by Crippen LogP contribution is 2.62. The Balaban J connectivity index is 1.82. The SMILES string of the molecule is CC12CCC(C1)C(C)(C)C2NC(=O)c1ccco1. The summed E-state index contributed by atoms with van der Waals surface area (Å²) in [7, 11) is 0. The monoisotopic (exact) mass is 247 g/mol. The Morgan fingerprint density at radius 2 is 2.22 bits per heavy atom. The van der Waals surface area contributed by atoms with Gasteiger partial charge in [0.1, 0.15) is 0 Å². The fourth-order valence-electron chi connectivity index (χ4n) is 4.27. The minimum atomic E-state index is -0.0770. The molecular formula is C15H21NO2. The molecule has 2 aliphatic rings. The van der Waals surface area contributed by atoms with Gasteiger partial charge in [-0.25, -0.2) is 0 Å². The van der Waals surface area contributed by atoms with Gasteiger partial charge >= 0.3 is 0 Å². The Morgan fingerprint density at radius 1 is 1.44 bits per heavy atom. The fraction of sp³-hybridized carbons (Fsp3) is 0.667. The predicted molar refractivity (Wildman–Crippen MR) is 69.2 cm³/mol. The highest BCUT2D eigenvalue weighted by Gasteiger charge is 2.59. The van der Waals surface area contributed by atoms with Crippen molar-refractivity contribution in [1.82, 2.24) is 5.32 Å². The number of amides is 1. The first-order valence-electron chi connectivity index (χ1n) is 6.78. The van der Waals surface area contributed by atoms with Crippen LogP contribution in [0.5, 0.6) is 0 Å². The summed E-state index contributed by atoms with van der Waals surface area (Å²) in [6.45, 7) is 6.89. The van der Waals surface area contributed by atoms with Crippen LogP contribution in [0.3, 0.4) is 0 Å². The molecule has 2 saturated carbocycles. The third kappa shape index (κ3) is 1.53. The summed E-state index contributed by atoms with van der Waals surface area (Å²) in [6.07, 6.45) is 5.31. The van der Waals surface area contributed by atoms with Crippen molar-refractivity contribution in [3.63, 3.8) is 0 Å². The topological polar surface area (TPSA) is 42.2 Å². The van der Waals surface area contributed by atoms with Gasteiger partial charge in [0.15, 0.2) is 5.76 Å². The molecule has 2 fully saturated rings.